The van der Waals surface area contributed by atoms with Crippen LogP contribution in [0.25, 0.3) is 0 Å². The molecular formula is C13H23NO. The summed E-state index contributed by atoms with van der Waals surface area (Å²) in [5.41, 5.74) is 6.94. The molecule has 0 aliphatic carbocycles. The molecule has 15 heavy (non-hydrogen) atoms. The molecule has 0 saturated heterocycles. The molecule has 0 bridgehead atoms. The minimum absolute atomic E-state index is 0.0421. The van der Waals surface area contributed by atoms with Crippen LogP contribution in [0.1, 0.15) is 64.0 Å². The highest BCUT2D eigenvalue weighted by Gasteiger charge is 2.24. The van der Waals surface area contributed by atoms with Crippen molar-refractivity contribution in [3.8, 4) is 0 Å². The monoisotopic (exact) mass is 209 g/mol. The lowest BCUT2D eigenvalue weighted by Gasteiger charge is -2.17. The lowest BCUT2D eigenvalue weighted by Crippen LogP contribution is -2.13. The predicted octanol–water partition coefficient (Wildman–Crippen LogP) is 3.55. The van der Waals surface area contributed by atoms with Crippen LogP contribution < -0.4 is 5.73 Å². The molecule has 2 nitrogen and oxygen atoms in total. The fourth-order valence-electron chi connectivity index (χ4n) is 1.68. The first kappa shape index (κ1) is 12.3. The smallest absolute Gasteiger partial charge is 0.113 e. The molecular weight excluding hydrogens is 186 g/mol. The topological polar surface area (TPSA) is 39.2 Å². The van der Waals surface area contributed by atoms with Gasteiger partial charge in [0.1, 0.15) is 11.5 Å². The van der Waals surface area contributed by atoms with Crippen LogP contribution in [-0.2, 0) is 12.0 Å². The standard InChI is InChI=1S/C13H23NO/c1-6-9(2)11-7-10(8-14)12(15-11)13(3,4)5/h7,9H,6,8,14H2,1-5H3. The van der Waals surface area contributed by atoms with Gasteiger partial charge in [0.2, 0.25) is 0 Å². The number of hydrogen-bond acceptors (Lipinski definition) is 2. The summed E-state index contributed by atoms with van der Waals surface area (Å²) in [5.74, 6) is 2.59. The molecule has 1 unspecified atom stereocenters. The third-order valence-corrected chi connectivity index (χ3v) is 2.83. The van der Waals surface area contributed by atoms with E-state index in [-0.39, 0.29) is 5.41 Å². The van der Waals surface area contributed by atoms with Gasteiger partial charge in [-0.2, -0.15) is 0 Å². The van der Waals surface area contributed by atoms with E-state index in [1.165, 1.54) is 0 Å². The lowest BCUT2D eigenvalue weighted by atomic mass is 9.90. The summed E-state index contributed by atoms with van der Waals surface area (Å²) in [6.07, 6.45) is 1.10. The first-order valence-corrected chi connectivity index (χ1v) is 5.73. The van der Waals surface area contributed by atoms with Crippen molar-refractivity contribution in [3.63, 3.8) is 0 Å². The summed E-state index contributed by atoms with van der Waals surface area (Å²) in [5, 5.41) is 0. The van der Waals surface area contributed by atoms with Crippen molar-refractivity contribution in [1.82, 2.24) is 0 Å². The Morgan fingerprint density at radius 2 is 2.00 bits per heavy atom. The van der Waals surface area contributed by atoms with Crippen LogP contribution >= 0.6 is 0 Å². The Kier molecular flexibility index (Phi) is 3.61. The minimum atomic E-state index is 0.0421. The molecule has 1 aromatic rings. The Hall–Kier alpha value is -0.760. The normalized spacial score (nSPS) is 14.3. The van der Waals surface area contributed by atoms with Crippen molar-refractivity contribution in [1.29, 1.82) is 0 Å². The van der Waals surface area contributed by atoms with Crippen LogP contribution in [0.4, 0.5) is 0 Å². The fourth-order valence-corrected chi connectivity index (χ4v) is 1.68. The van der Waals surface area contributed by atoms with E-state index in [1.807, 2.05) is 0 Å². The molecule has 0 fully saturated rings. The Morgan fingerprint density at radius 1 is 1.40 bits per heavy atom. The van der Waals surface area contributed by atoms with Crippen molar-refractivity contribution in [2.24, 2.45) is 5.73 Å². The summed E-state index contributed by atoms with van der Waals surface area (Å²) < 4.78 is 5.94. The zero-order chi connectivity index (χ0) is 11.6. The third kappa shape index (κ3) is 2.63. The highest BCUT2D eigenvalue weighted by atomic mass is 16.3. The fraction of sp³-hybridized carbons (Fsp3) is 0.692. The molecule has 0 radical (unpaired) electrons. The maximum Gasteiger partial charge on any atom is 0.113 e. The second-order valence-electron chi connectivity index (χ2n) is 5.27. The average molecular weight is 209 g/mol. The second kappa shape index (κ2) is 4.40. The molecule has 86 valence electrons. The van der Waals surface area contributed by atoms with Gasteiger partial charge in [-0.05, 0) is 12.5 Å². The SMILES string of the molecule is CCC(C)c1cc(CN)c(C(C)(C)C)o1. The molecule has 0 aliphatic rings. The van der Waals surface area contributed by atoms with Crippen LogP contribution in [0.15, 0.2) is 10.5 Å². The van der Waals surface area contributed by atoms with E-state index in [1.54, 1.807) is 0 Å². The van der Waals surface area contributed by atoms with Gasteiger partial charge in [-0.25, -0.2) is 0 Å². The van der Waals surface area contributed by atoms with Gasteiger partial charge in [0.25, 0.3) is 0 Å². The molecule has 0 aliphatic heterocycles. The number of nitrogens with two attached hydrogens (primary N) is 1. The molecule has 0 saturated carbocycles. The Balaban J connectivity index is 3.11. The summed E-state index contributed by atoms with van der Waals surface area (Å²) in [4.78, 5) is 0. The van der Waals surface area contributed by atoms with Crippen molar-refractivity contribution in [2.75, 3.05) is 0 Å². The van der Waals surface area contributed by atoms with Crippen LogP contribution in [0.5, 0.6) is 0 Å². The van der Waals surface area contributed by atoms with E-state index >= 15 is 0 Å². The molecule has 2 N–H and O–H groups in total. The molecule has 1 atom stereocenters. The van der Waals surface area contributed by atoms with Gasteiger partial charge in [0, 0.05) is 23.4 Å². The Morgan fingerprint density at radius 3 is 2.33 bits per heavy atom. The van der Waals surface area contributed by atoms with Crippen molar-refractivity contribution >= 4 is 0 Å². The maximum absolute atomic E-state index is 5.94. The maximum atomic E-state index is 5.94. The van der Waals surface area contributed by atoms with Crippen molar-refractivity contribution in [3.05, 3.63) is 23.2 Å². The van der Waals surface area contributed by atoms with Crippen LogP contribution in [0, 0.1) is 0 Å². The van der Waals surface area contributed by atoms with Crippen LogP contribution in [-0.4, -0.2) is 0 Å². The van der Waals surface area contributed by atoms with Crippen molar-refractivity contribution < 1.29 is 4.42 Å². The van der Waals surface area contributed by atoms with E-state index in [4.69, 9.17) is 10.2 Å². The van der Waals surface area contributed by atoms with Gasteiger partial charge in [-0.3, -0.25) is 0 Å². The largest absolute Gasteiger partial charge is 0.465 e. The molecule has 1 aromatic heterocycles. The number of rotatable bonds is 3. The van der Waals surface area contributed by atoms with E-state index < -0.39 is 0 Å². The Bertz CT molecular complexity index is 320. The van der Waals surface area contributed by atoms with Crippen molar-refractivity contribution in [2.45, 2.75) is 58.9 Å². The summed E-state index contributed by atoms with van der Waals surface area (Å²) in [6.45, 7) is 11.4. The van der Waals surface area contributed by atoms with Gasteiger partial charge in [0.15, 0.2) is 0 Å². The van der Waals surface area contributed by atoms with Gasteiger partial charge >= 0.3 is 0 Å². The van der Waals surface area contributed by atoms with Crippen LogP contribution in [0.3, 0.4) is 0 Å². The van der Waals surface area contributed by atoms with Gasteiger partial charge in [0.05, 0.1) is 0 Å². The minimum Gasteiger partial charge on any atom is -0.465 e. The summed E-state index contributed by atoms with van der Waals surface area (Å²) in [7, 11) is 0. The van der Waals surface area contributed by atoms with Gasteiger partial charge in [-0.1, -0.05) is 34.6 Å². The van der Waals surface area contributed by atoms with Gasteiger partial charge in [-0.15, -0.1) is 0 Å². The number of hydrogen-bond donors (Lipinski definition) is 1. The van der Waals surface area contributed by atoms with Crippen LogP contribution in [0.2, 0.25) is 0 Å². The van der Waals surface area contributed by atoms with E-state index in [0.717, 1.165) is 23.5 Å². The second-order valence-corrected chi connectivity index (χ2v) is 5.27. The highest BCUT2D eigenvalue weighted by Crippen LogP contribution is 2.32. The predicted molar refractivity (Wildman–Crippen MR) is 64.0 cm³/mol. The highest BCUT2D eigenvalue weighted by molar-refractivity contribution is 5.28. The molecule has 1 rings (SSSR count). The first-order valence-electron chi connectivity index (χ1n) is 5.73. The first-order chi connectivity index (χ1) is 6.90. The summed E-state index contributed by atoms with van der Waals surface area (Å²) in [6, 6.07) is 2.12. The van der Waals surface area contributed by atoms with E-state index in [2.05, 4.69) is 40.7 Å². The zero-order valence-corrected chi connectivity index (χ0v) is 10.6. The third-order valence-electron chi connectivity index (χ3n) is 2.83. The molecule has 2 heteroatoms. The molecule has 0 aromatic carbocycles. The van der Waals surface area contributed by atoms with E-state index in [0.29, 0.717) is 12.5 Å². The lowest BCUT2D eigenvalue weighted by molar-refractivity contribution is 0.368. The number of furan rings is 1. The van der Waals surface area contributed by atoms with E-state index in [9.17, 15) is 0 Å². The quantitative estimate of drug-likeness (QED) is 0.826. The van der Waals surface area contributed by atoms with Gasteiger partial charge < -0.3 is 10.2 Å². The molecule has 0 amide bonds. The molecule has 1 heterocycles. The molecule has 0 spiro atoms. The average Bonchev–Trinajstić information content (AvgIpc) is 2.59. The Labute approximate surface area is 92.9 Å². The summed E-state index contributed by atoms with van der Waals surface area (Å²) >= 11 is 0. The zero-order valence-electron chi connectivity index (χ0n) is 10.6.